The van der Waals surface area contributed by atoms with Gasteiger partial charge in [0.2, 0.25) is 0 Å². The largest absolute Gasteiger partial charge is 0.378 e. The first-order valence-electron chi connectivity index (χ1n) is 4.43. The summed E-state index contributed by atoms with van der Waals surface area (Å²) < 4.78 is 2.33. The molecule has 2 heterocycles. The highest BCUT2D eigenvalue weighted by Gasteiger charge is 2.09. The molecule has 0 unspecified atom stereocenters. The van der Waals surface area contributed by atoms with E-state index in [9.17, 15) is 4.79 Å². The lowest BCUT2D eigenvalue weighted by Gasteiger charge is -2.11. The fraction of sp³-hybridized carbons (Fsp3) is 0.200. The standard InChI is InChI=1S/C10H10BrN3O/c1-13(2)7-3-4-14-8(6-15)10(11)12-9(14)5-7/h3-6H,1-2H3. The Morgan fingerprint density at radius 1 is 1.53 bits per heavy atom. The van der Waals surface area contributed by atoms with Gasteiger partial charge in [-0.3, -0.25) is 9.20 Å². The van der Waals surface area contributed by atoms with Gasteiger partial charge in [-0.1, -0.05) is 0 Å². The van der Waals surface area contributed by atoms with Crippen LogP contribution in [0.25, 0.3) is 5.65 Å². The zero-order valence-electron chi connectivity index (χ0n) is 8.44. The summed E-state index contributed by atoms with van der Waals surface area (Å²) in [7, 11) is 3.93. The average molecular weight is 268 g/mol. The third-order valence-electron chi connectivity index (χ3n) is 2.23. The second-order valence-corrected chi connectivity index (χ2v) is 4.16. The number of aldehydes is 1. The molecule has 5 heteroatoms. The quantitative estimate of drug-likeness (QED) is 0.781. The summed E-state index contributed by atoms with van der Waals surface area (Å²) in [6.45, 7) is 0. The first-order chi connectivity index (χ1) is 7.13. The SMILES string of the molecule is CN(C)c1ccn2c(C=O)c(Br)nc2c1. The van der Waals surface area contributed by atoms with Crippen molar-refractivity contribution < 1.29 is 4.79 Å². The number of anilines is 1. The molecule has 0 aliphatic rings. The number of fused-ring (bicyclic) bond motifs is 1. The van der Waals surface area contributed by atoms with Gasteiger partial charge in [0.15, 0.2) is 6.29 Å². The molecular weight excluding hydrogens is 258 g/mol. The van der Waals surface area contributed by atoms with E-state index in [4.69, 9.17) is 0 Å². The molecule has 2 aromatic heterocycles. The van der Waals surface area contributed by atoms with Crippen LogP contribution in [0.1, 0.15) is 10.5 Å². The maximum atomic E-state index is 10.8. The second kappa shape index (κ2) is 3.66. The lowest BCUT2D eigenvalue weighted by Crippen LogP contribution is -2.08. The molecule has 0 radical (unpaired) electrons. The maximum Gasteiger partial charge on any atom is 0.169 e. The topological polar surface area (TPSA) is 37.6 Å². The van der Waals surface area contributed by atoms with Crippen LogP contribution in [0, 0.1) is 0 Å². The van der Waals surface area contributed by atoms with Crippen LogP contribution < -0.4 is 4.90 Å². The lowest BCUT2D eigenvalue weighted by molar-refractivity contribution is 0.111. The van der Waals surface area contributed by atoms with Crippen LogP contribution in [-0.4, -0.2) is 29.8 Å². The van der Waals surface area contributed by atoms with Crippen molar-refractivity contribution in [3.05, 3.63) is 28.6 Å². The number of halogens is 1. The molecule has 78 valence electrons. The predicted octanol–water partition coefficient (Wildman–Crippen LogP) is 1.98. The smallest absolute Gasteiger partial charge is 0.169 e. The number of nitrogens with zero attached hydrogens (tertiary/aromatic N) is 3. The van der Waals surface area contributed by atoms with Gasteiger partial charge >= 0.3 is 0 Å². The van der Waals surface area contributed by atoms with Crippen molar-refractivity contribution in [2.75, 3.05) is 19.0 Å². The van der Waals surface area contributed by atoms with E-state index < -0.39 is 0 Å². The zero-order valence-corrected chi connectivity index (χ0v) is 10.0. The third-order valence-corrected chi connectivity index (χ3v) is 2.81. The van der Waals surface area contributed by atoms with E-state index in [0.717, 1.165) is 17.6 Å². The highest BCUT2D eigenvalue weighted by Crippen LogP contribution is 2.20. The zero-order chi connectivity index (χ0) is 11.0. The summed E-state index contributed by atoms with van der Waals surface area (Å²) in [4.78, 5) is 17.1. The van der Waals surface area contributed by atoms with Crippen molar-refractivity contribution in [1.29, 1.82) is 0 Å². The molecule has 0 atom stereocenters. The van der Waals surface area contributed by atoms with Gasteiger partial charge in [-0.2, -0.15) is 0 Å². The summed E-state index contributed by atoms with van der Waals surface area (Å²) in [6.07, 6.45) is 2.63. The molecule has 0 saturated heterocycles. The Labute approximate surface area is 95.7 Å². The van der Waals surface area contributed by atoms with Crippen LogP contribution in [0.3, 0.4) is 0 Å². The van der Waals surface area contributed by atoms with Crippen molar-refractivity contribution >= 4 is 33.6 Å². The third kappa shape index (κ3) is 1.63. The molecule has 0 spiro atoms. The Bertz CT molecular complexity index is 519. The summed E-state index contributed by atoms with van der Waals surface area (Å²) in [5.74, 6) is 0. The fourth-order valence-electron chi connectivity index (χ4n) is 1.41. The van der Waals surface area contributed by atoms with E-state index >= 15 is 0 Å². The molecule has 15 heavy (non-hydrogen) atoms. The molecule has 0 aliphatic carbocycles. The number of hydrogen-bond donors (Lipinski definition) is 0. The van der Waals surface area contributed by atoms with Gasteiger partial charge in [-0.15, -0.1) is 0 Å². The highest BCUT2D eigenvalue weighted by molar-refractivity contribution is 9.10. The highest BCUT2D eigenvalue weighted by atomic mass is 79.9. The maximum absolute atomic E-state index is 10.8. The number of imidazole rings is 1. The second-order valence-electron chi connectivity index (χ2n) is 3.41. The number of carbonyl (C=O) groups excluding carboxylic acids is 1. The number of hydrogen-bond acceptors (Lipinski definition) is 3. The van der Waals surface area contributed by atoms with E-state index in [1.807, 2.05) is 37.3 Å². The van der Waals surface area contributed by atoms with Crippen molar-refractivity contribution in [3.8, 4) is 0 Å². The molecule has 0 bridgehead atoms. The summed E-state index contributed by atoms with van der Waals surface area (Å²) in [6, 6.07) is 3.87. The van der Waals surface area contributed by atoms with Gasteiger partial charge in [0.25, 0.3) is 0 Å². The molecule has 0 saturated carbocycles. The van der Waals surface area contributed by atoms with E-state index in [1.54, 1.807) is 4.40 Å². The van der Waals surface area contributed by atoms with Crippen LogP contribution in [0.15, 0.2) is 22.9 Å². The Balaban J connectivity index is 2.69. The molecule has 4 nitrogen and oxygen atoms in total. The molecule has 0 aliphatic heterocycles. The van der Waals surface area contributed by atoms with E-state index in [0.29, 0.717) is 10.3 Å². The van der Waals surface area contributed by atoms with E-state index in [1.165, 1.54) is 0 Å². The lowest BCUT2D eigenvalue weighted by atomic mass is 10.3. The average Bonchev–Trinajstić information content (AvgIpc) is 2.51. The molecule has 0 aromatic carbocycles. The molecule has 2 aromatic rings. The Morgan fingerprint density at radius 2 is 2.27 bits per heavy atom. The number of carbonyl (C=O) groups is 1. The Kier molecular flexibility index (Phi) is 2.48. The van der Waals surface area contributed by atoms with Gasteiger partial charge in [0, 0.05) is 32.0 Å². The molecular formula is C10H10BrN3O. The minimum absolute atomic E-state index is 0.537. The molecule has 2 rings (SSSR count). The normalized spacial score (nSPS) is 10.6. The van der Waals surface area contributed by atoms with Gasteiger partial charge < -0.3 is 4.90 Å². The Hall–Kier alpha value is -1.36. The number of pyridine rings is 1. The first-order valence-corrected chi connectivity index (χ1v) is 5.23. The van der Waals surface area contributed by atoms with Crippen LogP contribution in [-0.2, 0) is 0 Å². The molecule has 0 fully saturated rings. The van der Waals surface area contributed by atoms with Gasteiger partial charge in [-0.05, 0) is 22.0 Å². The first kappa shape index (κ1) is 10.2. The van der Waals surface area contributed by atoms with Crippen LogP contribution in [0.2, 0.25) is 0 Å². The number of aromatic nitrogens is 2. The predicted molar refractivity (Wildman–Crippen MR) is 62.6 cm³/mol. The van der Waals surface area contributed by atoms with Crippen molar-refractivity contribution in [2.45, 2.75) is 0 Å². The number of rotatable bonds is 2. The minimum atomic E-state index is 0.537. The molecule has 0 N–H and O–H groups in total. The van der Waals surface area contributed by atoms with E-state index in [2.05, 4.69) is 20.9 Å². The fourth-order valence-corrected chi connectivity index (χ4v) is 1.87. The Morgan fingerprint density at radius 3 is 2.87 bits per heavy atom. The van der Waals surface area contributed by atoms with E-state index in [-0.39, 0.29) is 0 Å². The monoisotopic (exact) mass is 267 g/mol. The van der Waals surface area contributed by atoms with Gasteiger partial charge in [0.05, 0.1) is 0 Å². The van der Waals surface area contributed by atoms with Crippen molar-refractivity contribution in [1.82, 2.24) is 9.38 Å². The summed E-state index contributed by atoms with van der Waals surface area (Å²) >= 11 is 3.25. The van der Waals surface area contributed by atoms with Gasteiger partial charge in [0.1, 0.15) is 15.9 Å². The minimum Gasteiger partial charge on any atom is -0.378 e. The van der Waals surface area contributed by atoms with Crippen LogP contribution in [0.5, 0.6) is 0 Å². The van der Waals surface area contributed by atoms with Gasteiger partial charge in [-0.25, -0.2) is 4.98 Å². The van der Waals surface area contributed by atoms with Crippen LogP contribution >= 0.6 is 15.9 Å². The van der Waals surface area contributed by atoms with Crippen molar-refractivity contribution in [2.24, 2.45) is 0 Å². The summed E-state index contributed by atoms with van der Waals surface area (Å²) in [5, 5.41) is 0. The molecule has 0 amide bonds. The summed E-state index contributed by atoms with van der Waals surface area (Å²) in [5.41, 5.74) is 2.35. The van der Waals surface area contributed by atoms with Crippen molar-refractivity contribution in [3.63, 3.8) is 0 Å². The van der Waals surface area contributed by atoms with Crippen LogP contribution in [0.4, 0.5) is 5.69 Å².